The van der Waals surface area contributed by atoms with Gasteiger partial charge in [0, 0.05) is 23.6 Å². The molecule has 0 amide bonds. The zero-order valence-corrected chi connectivity index (χ0v) is 18.3. The van der Waals surface area contributed by atoms with Crippen LogP contribution in [0.2, 0.25) is 0 Å². The van der Waals surface area contributed by atoms with Gasteiger partial charge < -0.3 is 0 Å². The van der Waals surface area contributed by atoms with Crippen molar-refractivity contribution >= 4 is 33.0 Å². The molecular formula is C16H22Cl2F10O2S. The van der Waals surface area contributed by atoms with E-state index in [1.165, 1.54) is 0 Å². The second-order valence-electron chi connectivity index (χ2n) is 7.03. The van der Waals surface area contributed by atoms with Crippen molar-refractivity contribution < 1.29 is 52.3 Å². The highest BCUT2D eigenvalue weighted by Crippen LogP contribution is 2.46. The van der Waals surface area contributed by atoms with Gasteiger partial charge in [-0.25, -0.2) is 8.42 Å². The zero-order valence-electron chi connectivity index (χ0n) is 16.0. The molecule has 0 aliphatic carbocycles. The van der Waals surface area contributed by atoms with Crippen LogP contribution in [0, 0.1) is 11.8 Å². The molecule has 0 aromatic rings. The highest BCUT2D eigenvalue weighted by molar-refractivity contribution is 7.91. The van der Waals surface area contributed by atoms with E-state index in [0.29, 0.717) is 0 Å². The number of alkyl halides is 12. The summed E-state index contributed by atoms with van der Waals surface area (Å²) in [5.74, 6) is -18.3. The van der Waals surface area contributed by atoms with Gasteiger partial charge in [-0.1, -0.05) is 0 Å². The van der Waals surface area contributed by atoms with Crippen LogP contribution in [0.25, 0.3) is 0 Å². The van der Waals surface area contributed by atoms with E-state index in [1.54, 1.807) is 0 Å². The first-order valence-corrected chi connectivity index (χ1v) is 11.9. The third-order valence-electron chi connectivity index (χ3n) is 4.71. The quantitative estimate of drug-likeness (QED) is 0.179. The molecule has 0 aliphatic heterocycles. The Morgan fingerprint density at radius 1 is 0.581 bits per heavy atom. The fraction of sp³-hybridized carbons (Fsp3) is 1.00. The molecule has 2 atom stereocenters. The summed E-state index contributed by atoms with van der Waals surface area (Å²) in [7, 11) is -4.50. The summed E-state index contributed by atoms with van der Waals surface area (Å²) in [5, 5.41) is 0. The smallest absolute Gasteiger partial charge is 0.229 e. The Morgan fingerprint density at radius 3 is 1.10 bits per heavy atom. The standard InChI is InChI=1S/C16H22Cl2F10O2S/c17-7-1-3-11(13(19,20)15(23,24)25)5-9-31(29,30)10-6-12(4-2-8-18)14(21,22)16(26,27)28/h11-12H,1-10H2. The van der Waals surface area contributed by atoms with Crippen molar-refractivity contribution in [3.05, 3.63) is 0 Å². The Kier molecular flexibility index (Phi) is 11.7. The second kappa shape index (κ2) is 11.8. The number of halogens is 12. The van der Waals surface area contributed by atoms with Crippen molar-refractivity contribution in [2.45, 2.75) is 62.7 Å². The topological polar surface area (TPSA) is 34.1 Å². The van der Waals surface area contributed by atoms with Gasteiger partial charge in [-0.3, -0.25) is 0 Å². The predicted octanol–water partition coefficient (Wildman–Crippen LogP) is 6.85. The van der Waals surface area contributed by atoms with E-state index in [4.69, 9.17) is 23.2 Å². The van der Waals surface area contributed by atoms with Gasteiger partial charge in [0.1, 0.15) is 9.84 Å². The summed E-state index contributed by atoms with van der Waals surface area (Å²) >= 11 is 10.6. The Morgan fingerprint density at radius 2 is 0.871 bits per heavy atom. The number of rotatable bonds is 14. The molecule has 0 heterocycles. The maximum atomic E-state index is 13.6. The van der Waals surface area contributed by atoms with Crippen LogP contribution in [0.3, 0.4) is 0 Å². The molecule has 0 N–H and O–H groups in total. The Balaban J connectivity index is 5.32. The molecule has 188 valence electrons. The lowest BCUT2D eigenvalue weighted by Gasteiger charge is -2.29. The maximum absolute atomic E-state index is 13.6. The minimum absolute atomic E-state index is 0.258. The summed E-state index contributed by atoms with van der Waals surface area (Å²) in [6, 6.07) is 0. The van der Waals surface area contributed by atoms with Crippen LogP contribution in [0.1, 0.15) is 38.5 Å². The average molecular weight is 539 g/mol. The minimum Gasteiger partial charge on any atom is -0.229 e. The fourth-order valence-electron chi connectivity index (χ4n) is 2.87. The van der Waals surface area contributed by atoms with E-state index in [1.807, 2.05) is 0 Å². The highest BCUT2D eigenvalue weighted by Gasteiger charge is 2.62. The molecule has 0 rings (SSSR count). The molecule has 0 bridgehead atoms. The monoisotopic (exact) mass is 538 g/mol. The summed E-state index contributed by atoms with van der Waals surface area (Å²) in [4.78, 5) is 0. The Bertz CT molecular complexity index is 587. The van der Waals surface area contributed by atoms with Crippen LogP contribution < -0.4 is 0 Å². The fourth-order valence-corrected chi connectivity index (χ4v) is 4.67. The third kappa shape index (κ3) is 9.30. The van der Waals surface area contributed by atoms with Gasteiger partial charge in [0.05, 0.1) is 11.5 Å². The van der Waals surface area contributed by atoms with E-state index in [2.05, 4.69) is 0 Å². The van der Waals surface area contributed by atoms with Crippen molar-refractivity contribution in [2.24, 2.45) is 11.8 Å². The first kappa shape index (κ1) is 30.8. The molecule has 0 saturated carbocycles. The van der Waals surface area contributed by atoms with Crippen molar-refractivity contribution in [2.75, 3.05) is 23.3 Å². The molecule has 0 aromatic carbocycles. The van der Waals surface area contributed by atoms with Crippen LogP contribution in [0.5, 0.6) is 0 Å². The highest BCUT2D eigenvalue weighted by atomic mass is 35.5. The van der Waals surface area contributed by atoms with Gasteiger partial charge >= 0.3 is 24.2 Å². The summed E-state index contributed by atoms with van der Waals surface area (Å²) in [6.45, 7) is 0. The lowest BCUT2D eigenvalue weighted by atomic mass is 9.93. The molecule has 2 nitrogen and oxygen atoms in total. The van der Waals surface area contributed by atoms with Crippen molar-refractivity contribution in [3.63, 3.8) is 0 Å². The minimum atomic E-state index is -5.95. The lowest BCUT2D eigenvalue weighted by Crippen LogP contribution is -2.45. The molecular weight excluding hydrogens is 517 g/mol. The average Bonchev–Trinajstić information content (AvgIpc) is 2.59. The maximum Gasteiger partial charge on any atom is 0.453 e. The number of sulfone groups is 1. The van der Waals surface area contributed by atoms with E-state index in [-0.39, 0.29) is 24.6 Å². The molecule has 2 unspecified atom stereocenters. The molecule has 15 heteroatoms. The van der Waals surface area contributed by atoms with Crippen molar-refractivity contribution in [1.82, 2.24) is 0 Å². The van der Waals surface area contributed by atoms with Gasteiger partial charge in [0.2, 0.25) is 0 Å². The van der Waals surface area contributed by atoms with Crippen molar-refractivity contribution in [3.8, 4) is 0 Å². The van der Waals surface area contributed by atoms with E-state index in [9.17, 15) is 52.3 Å². The molecule has 0 fully saturated rings. The van der Waals surface area contributed by atoms with Crippen LogP contribution in [-0.4, -0.2) is 55.9 Å². The number of hydrogen-bond acceptors (Lipinski definition) is 2. The number of hydrogen-bond donors (Lipinski definition) is 0. The van der Waals surface area contributed by atoms with Gasteiger partial charge in [-0.05, 0) is 38.5 Å². The van der Waals surface area contributed by atoms with Crippen LogP contribution in [-0.2, 0) is 9.84 Å². The van der Waals surface area contributed by atoms with Crippen molar-refractivity contribution in [1.29, 1.82) is 0 Å². The van der Waals surface area contributed by atoms with Crippen LogP contribution in [0.4, 0.5) is 43.9 Å². The Hall–Kier alpha value is -0.170. The zero-order chi connectivity index (χ0) is 24.7. The largest absolute Gasteiger partial charge is 0.453 e. The summed E-state index contributed by atoms with van der Waals surface area (Å²) < 4.78 is 154. The first-order valence-electron chi connectivity index (χ1n) is 9.05. The normalized spacial score (nSPS) is 16.4. The van der Waals surface area contributed by atoms with E-state index < -0.39 is 83.1 Å². The SMILES string of the molecule is O=S(=O)(CCC(CCCCl)C(F)(F)C(F)(F)F)CCC(CCCCl)C(F)(F)C(F)(F)F. The summed E-state index contributed by atoms with van der Waals surface area (Å²) in [6.07, 6.45) is -16.3. The lowest BCUT2D eigenvalue weighted by molar-refractivity contribution is -0.303. The molecule has 0 aliphatic rings. The molecule has 0 saturated heterocycles. The molecule has 0 aromatic heterocycles. The van der Waals surface area contributed by atoms with Crippen LogP contribution >= 0.6 is 23.2 Å². The van der Waals surface area contributed by atoms with E-state index in [0.717, 1.165) is 0 Å². The summed E-state index contributed by atoms with van der Waals surface area (Å²) in [5.41, 5.74) is 0. The van der Waals surface area contributed by atoms with Gasteiger partial charge in [-0.15, -0.1) is 23.2 Å². The third-order valence-corrected chi connectivity index (χ3v) is 6.96. The van der Waals surface area contributed by atoms with Gasteiger partial charge in [0.25, 0.3) is 0 Å². The van der Waals surface area contributed by atoms with Gasteiger partial charge in [0.15, 0.2) is 0 Å². The molecule has 0 spiro atoms. The Labute approximate surface area is 183 Å². The second-order valence-corrected chi connectivity index (χ2v) is 10.1. The first-order chi connectivity index (χ1) is 13.8. The molecule has 0 radical (unpaired) electrons. The molecule has 31 heavy (non-hydrogen) atoms. The van der Waals surface area contributed by atoms with Crippen LogP contribution in [0.15, 0.2) is 0 Å². The van der Waals surface area contributed by atoms with E-state index >= 15 is 0 Å². The van der Waals surface area contributed by atoms with Gasteiger partial charge in [-0.2, -0.15) is 43.9 Å². The predicted molar refractivity (Wildman–Crippen MR) is 96.8 cm³/mol.